The summed E-state index contributed by atoms with van der Waals surface area (Å²) in [4.78, 5) is 7.37. The van der Waals surface area contributed by atoms with Crippen LogP contribution in [0.5, 0.6) is 0 Å². The molecule has 1 aliphatic heterocycles. The van der Waals surface area contributed by atoms with Gasteiger partial charge >= 0.3 is 0 Å². The first kappa shape index (κ1) is 22.1. The molecule has 0 saturated carbocycles. The molecule has 4 rings (SSSR count). The van der Waals surface area contributed by atoms with E-state index < -0.39 is 0 Å². The molecule has 6 heteroatoms. The number of nitrogens with one attached hydrogen (secondary N) is 2. The van der Waals surface area contributed by atoms with Crippen LogP contribution in [0.2, 0.25) is 0 Å². The maximum absolute atomic E-state index is 4.83. The highest BCUT2D eigenvalue weighted by Gasteiger charge is 2.20. The van der Waals surface area contributed by atoms with E-state index in [-0.39, 0.29) is 0 Å². The van der Waals surface area contributed by atoms with Crippen LogP contribution in [0.4, 0.5) is 0 Å². The van der Waals surface area contributed by atoms with Gasteiger partial charge in [0, 0.05) is 51.2 Å². The average molecular weight is 431 g/mol. The standard InChI is InChI=1S/C26H34N6/c1-2-27-26(28-17-13-22-9-11-25(12-10-22)32-18-6-16-29-32)30-24-14-19-31(20-15-24)21-23-7-4-3-5-8-23/h3-12,16,18,24H,2,13-15,17,19-21H2,1H3,(H2,27,28,30). The number of hydrogen-bond acceptors (Lipinski definition) is 3. The maximum atomic E-state index is 4.83. The minimum absolute atomic E-state index is 0.480. The highest BCUT2D eigenvalue weighted by atomic mass is 15.3. The van der Waals surface area contributed by atoms with Crippen LogP contribution in [-0.4, -0.2) is 52.9 Å². The van der Waals surface area contributed by atoms with Crippen molar-refractivity contribution >= 4 is 5.96 Å². The second kappa shape index (κ2) is 11.5. The van der Waals surface area contributed by atoms with E-state index in [1.165, 1.54) is 11.1 Å². The van der Waals surface area contributed by atoms with Gasteiger partial charge in [-0.2, -0.15) is 5.10 Å². The molecule has 0 radical (unpaired) electrons. The summed E-state index contributed by atoms with van der Waals surface area (Å²) in [5, 5.41) is 11.3. The average Bonchev–Trinajstić information content (AvgIpc) is 3.37. The molecule has 2 N–H and O–H groups in total. The van der Waals surface area contributed by atoms with Gasteiger partial charge < -0.3 is 10.6 Å². The van der Waals surface area contributed by atoms with Gasteiger partial charge in [-0.25, -0.2) is 4.68 Å². The van der Waals surface area contributed by atoms with Crippen molar-refractivity contribution in [3.8, 4) is 5.69 Å². The fraction of sp³-hybridized carbons (Fsp3) is 0.385. The number of likely N-dealkylation sites (tertiary alicyclic amines) is 1. The third-order valence-corrected chi connectivity index (χ3v) is 5.90. The SMILES string of the molecule is CCNC(=NCCc1ccc(-n2cccn2)cc1)NC1CCN(Cc2ccccc2)CC1. The second-order valence-electron chi connectivity index (χ2n) is 8.31. The van der Waals surface area contributed by atoms with Gasteiger partial charge in [0.05, 0.1) is 5.69 Å². The van der Waals surface area contributed by atoms with E-state index in [0.717, 1.165) is 63.6 Å². The van der Waals surface area contributed by atoms with E-state index in [4.69, 9.17) is 4.99 Å². The Morgan fingerprint density at radius 2 is 1.78 bits per heavy atom. The van der Waals surface area contributed by atoms with E-state index in [0.29, 0.717) is 6.04 Å². The number of guanidine groups is 1. The zero-order chi connectivity index (χ0) is 22.0. The Hall–Kier alpha value is -3.12. The van der Waals surface area contributed by atoms with Gasteiger partial charge in [-0.3, -0.25) is 9.89 Å². The fourth-order valence-corrected chi connectivity index (χ4v) is 4.12. The molecule has 1 aliphatic rings. The molecule has 0 aliphatic carbocycles. The van der Waals surface area contributed by atoms with Crippen molar-refractivity contribution < 1.29 is 0 Å². The zero-order valence-corrected chi connectivity index (χ0v) is 19.0. The molecule has 2 aromatic carbocycles. The number of nitrogens with zero attached hydrogens (tertiary/aromatic N) is 4. The van der Waals surface area contributed by atoms with Gasteiger partial charge in [-0.15, -0.1) is 0 Å². The number of piperidine rings is 1. The fourth-order valence-electron chi connectivity index (χ4n) is 4.12. The first-order valence-electron chi connectivity index (χ1n) is 11.7. The Morgan fingerprint density at radius 3 is 2.47 bits per heavy atom. The Bertz CT molecular complexity index is 942. The third kappa shape index (κ3) is 6.44. The quantitative estimate of drug-likeness (QED) is 0.423. The van der Waals surface area contributed by atoms with Gasteiger partial charge in [0.1, 0.15) is 0 Å². The first-order valence-corrected chi connectivity index (χ1v) is 11.7. The molecule has 1 fully saturated rings. The van der Waals surface area contributed by atoms with Crippen molar-refractivity contribution in [1.29, 1.82) is 0 Å². The van der Waals surface area contributed by atoms with Crippen LogP contribution in [-0.2, 0) is 13.0 Å². The number of rotatable bonds is 8. The predicted octanol–water partition coefficient (Wildman–Crippen LogP) is 3.63. The van der Waals surface area contributed by atoms with Crippen LogP contribution in [0.3, 0.4) is 0 Å². The van der Waals surface area contributed by atoms with E-state index >= 15 is 0 Å². The minimum Gasteiger partial charge on any atom is -0.357 e. The van der Waals surface area contributed by atoms with Crippen molar-refractivity contribution in [1.82, 2.24) is 25.3 Å². The lowest BCUT2D eigenvalue weighted by Gasteiger charge is -2.33. The van der Waals surface area contributed by atoms with Crippen molar-refractivity contribution in [3.05, 3.63) is 84.2 Å². The summed E-state index contributed by atoms with van der Waals surface area (Å²) in [6.07, 6.45) is 6.97. The normalized spacial score (nSPS) is 15.6. The van der Waals surface area contributed by atoms with Crippen molar-refractivity contribution in [2.75, 3.05) is 26.2 Å². The smallest absolute Gasteiger partial charge is 0.191 e. The highest BCUT2D eigenvalue weighted by molar-refractivity contribution is 5.80. The van der Waals surface area contributed by atoms with E-state index in [1.807, 2.05) is 16.9 Å². The molecule has 3 aromatic rings. The molecule has 0 spiro atoms. The van der Waals surface area contributed by atoms with Crippen molar-refractivity contribution in [2.24, 2.45) is 4.99 Å². The van der Waals surface area contributed by atoms with Gasteiger partial charge in [0.2, 0.25) is 0 Å². The molecule has 168 valence electrons. The maximum Gasteiger partial charge on any atom is 0.191 e. The van der Waals surface area contributed by atoms with Crippen LogP contribution < -0.4 is 10.6 Å². The summed E-state index contributed by atoms with van der Waals surface area (Å²) in [7, 11) is 0. The Labute approximate surface area is 191 Å². The summed E-state index contributed by atoms with van der Waals surface area (Å²) in [5.74, 6) is 0.933. The third-order valence-electron chi connectivity index (χ3n) is 5.90. The van der Waals surface area contributed by atoms with Crippen LogP contribution in [0.25, 0.3) is 5.69 Å². The Balaban J connectivity index is 1.23. The largest absolute Gasteiger partial charge is 0.357 e. The Kier molecular flexibility index (Phi) is 7.93. The predicted molar refractivity (Wildman–Crippen MR) is 131 cm³/mol. The summed E-state index contributed by atoms with van der Waals surface area (Å²) in [6, 6.07) is 21.7. The van der Waals surface area contributed by atoms with Gasteiger partial charge in [-0.05, 0) is 55.5 Å². The summed E-state index contributed by atoms with van der Waals surface area (Å²) in [5.41, 5.74) is 3.76. The van der Waals surface area contributed by atoms with Gasteiger partial charge in [-0.1, -0.05) is 42.5 Å². The summed E-state index contributed by atoms with van der Waals surface area (Å²) >= 11 is 0. The number of aromatic nitrogens is 2. The summed E-state index contributed by atoms with van der Waals surface area (Å²) < 4.78 is 1.88. The summed E-state index contributed by atoms with van der Waals surface area (Å²) in [6.45, 7) is 7.04. The molecular formula is C26H34N6. The van der Waals surface area contributed by atoms with Gasteiger partial charge in [0.25, 0.3) is 0 Å². The monoisotopic (exact) mass is 430 g/mol. The number of hydrogen-bond donors (Lipinski definition) is 2. The lowest BCUT2D eigenvalue weighted by atomic mass is 10.0. The number of aliphatic imine (C=N–C) groups is 1. The molecule has 2 heterocycles. The van der Waals surface area contributed by atoms with E-state index in [2.05, 4.69) is 82.2 Å². The van der Waals surface area contributed by atoms with Crippen LogP contribution >= 0.6 is 0 Å². The molecule has 32 heavy (non-hydrogen) atoms. The van der Waals surface area contributed by atoms with E-state index in [1.54, 1.807) is 6.20 Å². The minimum atomic E-state index is 0.480. The molecule has 0 unspecified atom stereocenters. The van der Waals surface area contributed by atoms with Gasteiger partial charge in [0.15, 0.2) is 5.96 Å². The van der Waals surface area contributed by atoms with Crippen LogP contribution in [0.15, 0.2) is 78.0 Å². The van der Waals surface area contributed by atoms with Crippen molar-refractivity contribution in [2.45, 2.75) is 38.8 Å². The first-order chi connectivity index (χ1) is 15.8. The molecule has 0 amide bonds. The molecule has 6 nitrogen and oxygen atoms in total. The highest BCUT2D eigenvalue weighted by Crippen LogP contribution is 2.14. The van der Waals surface area contributed by atoms with Crippen LogP contribution in [0.1, 0.15) is 30.9 Å². The topological polar surface area (TPSA) is 57.5 Å². The molecule has 1 saturated heterocycles. The second-order valence-corrected chi connectivity index (χ2v) is 8.31. The van der Waals surface area contributed by atoms with Crippen molar-refractivity contribution in [3.63, 3.8) is 0 Å². The Morgan fingerprint density at radius 1 is 1.00 bits per heavy atom. The lowest BCUT2D eigenvalue weighted by molar-refractivity contribution is 0.198. The lowest BCUT2D eigenvalue weighted by Crippen LogP contribution is -2.48. The molecule has 0 bridgehead atoms. The number of benzene rings is 2. The van der Waals surface area contributed by atoms with E-state index in [9.17, 15) is 0 Å². The molecular weight excluding hydrogens is 396 g/mol. The van der Waals surface area contributed by atoms with Crippen LogP contribution in [0, 0.1) is 0 Å². The zero-order valence-electron chi connectivity index (χ0n) is 19.0. The molecule has 0 atom stereocenters. The molecule has 1 aromatic heterocycles.